The highest BCUT2D eigenvalue weighted by Crippen LogP contribution is 2.16. The summed E-state index contributed by atoms with van der Waals surface area (Å²) in [6.07, 6.45) is -2.14. The fraction of sp³-hybridized carbons (Fsp3) is 0.429. The normalized spacial score (nSPS) is 20.6. The molecule has 0 saturated carbocycles. The maximum Gasteiger partial charge on any atom is 0.407 e. The number of hydrogen-bond acceptors (Lipinski definition) is 6. The molecule has 1 aromatic rings. The van der Waals surface area contributed by atoms with Crippen LogP contribution in [-0.4, -0.2) is 62.1 Å². The molecule has 2 atom stereocenters. The monoisotopic (exact) mass is 358 g/mol. The molecule has 0 aromatic heterocycles. The summed E-state index contributed by atoms with van der Waals surface area (Å²) in [7, 11) is -3.79. The molecule has 2 amide bonds. The average molecular weight is 358 g/mol. The van der Waals surface area contributed by atoms with Crippen LogP contribution in [-0.2, 0) is 25.6 Å². The van der Waals surface area contributed by atoms with E-state index >= 15 is 0 Å². The first-order valence-electron chi connectivity index (χ1n) is 7.08. The Kier molecular flexibility index (Phi) is 5.62. The molecular formula is C14H18N2O7S. The minimum Gasteiger partial charge on any atom is -0.465 e. The second-order valence-corrected chi connectivity index (χ2v) is 6.94. The number of benzene rings is 1. The van der Waals surface area contributed by atoms with Crippen LogP contribution in [0.4, 0.5) is 9.59 Å². The van der Waals surface area contributed by atoms with Gasteiger partial charge in [0.2, 0.25) is 0 Å². The quantitative estimate of drug-likeness (QED) is 0.740. The molecule has 0 bridgehead atoms. The SMILES string of the molecule is CS(=O)(=O)O[C@H]1CN(C(=O)O)C[C@H]1NC(=O)OCc1ccccc1. The number of rotatable bonds is 5. The molecule has 1 saturated heterocycles. The first-order chi connectivity index (χ1) is 11.2. The molecule has 9 nitrogen and oxygen atoms in total. The van der Waals surface area contributed by atoms with Gasteiger partial charge in [0.15, 0.2) is 0 Å². The minimum absolute atomic E-state index is 0.0413. The Hall–Kier alpha value is -2.33. The van der Waals surface area contributed by atoms with E-state index in [1.165, 1.54) is 0 Å². The molecule has 10 heteroatoms. The van der Waals surface area contributed by atoms with Crippen molar-refractivity contribution in [2.75, 3.05) is 19.3 Å². The molecule has 0 unspecified atom stereocenters. The first-order valence-corrected chi connectivity index (χ1v) is 8.89. The summed E-state index contributed by atoms with van der Waals surface area (Å²) < 4.78 is 32.4. The molecule has 1 aliphatic rings. The lowest BCUT2D eigenvalue weighted by Crippen LogP contribution is -2.44. The molecule has 24 heavy (non-hydrogen) atoms. The van der Waals surface area contributed by atoms with Crippen molar-refractivity contribution >= 4 is 22.3 Å². The Morgan fingerprint density at radius 3 is 2.54 bits per heavy atom. The molecule has 2 N–H and O–H groups in total. The van der Waals surface area contributed by atoms with Crippen molar-refractivity contribution in [1.82, 2.24) is 10.2 Å². The van der Waals surface area contributed by atoms with E-state index in [1.54, 1.807) is 24.3 Å². The van der Waals surface area contributed by atoms with Gasteiger partial charge in [0.1, 0.15) is 12.7 Å². The first kappa shape index (κ1) is 18.0. The smallest absolute Gasteiger partial charge is 0.407 e. The van der Waals surface area contributed by atoms with Crippen LogP contribution in [0.5, 0.6) is 0 Å². The maximum atomic E-state index is 11.9. The number of carboxylic acid groups (broad SMARTS) is 1. The van der Waals surface area contributed by atoms with Crippen LogP contribution in [0.25, 0.3) is 0 Å². The number of nitrogens with one attached hydrogen (secondary N) is 1. The molecular weight excluding hydrogens is 340 g/mol. The third-order valence-corrected chi connectivity index (χ3v) is 3.95. The van der Waals surface area contributed by atoms with Gasteiger partial charge >= 0.3 is 12.2 Å². The number of nitrogens with zero attached hydrogens (tertiary/aromatic N) is 1. The topological polar surface area (TPSA) is 122 Å². The zero-order valence-corrected chi connectivity index (χ0v) is 13.7. The maximum absolute atomic E-state index is 11.9. The molecule has 1 aromatic carbocycles. The predicted molar refractivity (Wildman–Crippen MR) is 82.9 cm³/mol. The summed E-state index contributed by atoms with van der Waals surface area (Å²) in [5.74, 6) is 0. The fourth-order valence-electron chi connectivity index (χ4n) is 2.31. The number of amides is 2. The van der Waals surface area contributed by atoms with E-state index in [4.69, 9.17) is 14.0 Å². The fourth-order valence-corrected chi connectivity index (χ4v) is 2.95. The number of ether oxygens (including phenoxy) is 1. The molecule has 2 rings (SSSR count). The van der Waals surface area contributed by atoms with Crippen LogP contribution < -0.4 is 5.32 Å². The Labute approximate surface area is 139 Å². The van der Waals surface area contributed by atoms with Crippen LogP contribution in [0.1, 0.15) is 5.56 Å². The third kappa shape index (κ3) is 5.39. The number of likely N-dealkylation sites (tertiary alicyclic amines) is 1. The molecule has 1 heterocycles. The number of carbonyl (C=O) groups excluding carboxylic acids is 1. The van der Waals surface area contributed by atoms with Crippen molar-refractivity contribution < 1.29 is 32.0 Å². The van der Waals surface area contributed by atoms with E-state index in [2.05, 4.69) is 5.32 Å². The molecule has 0 spiro atoms. The van der Waals surface area contributed by atoms with Crippen molar-refractivity contribution in [3.05, 3.63) is 35.9 Å². The summed E-state index contributed by atoms with van der Waals surface area (Å²) in [6, 6.07) is 8.17. The van der Waals surface area contributed by atoms with Crippen molar-refractivity contribution in [2.24, 2.45) is 0 Å². The standard InChI is InChI=1S/C14H18N2O7S/c1-24(20,21)23-12-8-16(14(18)19)7-11(12)15-13(17)22-9-10-5-3-2-4-6-10/h2-6,11-12H,7-9H2,1H3,(H,15,17)(H,18,19)/t11-,12+/m1/s1. The molecule has 132 valence electrons. The number of hydrogen-bond donors (Lipinski definition) is 2. The summed E-state index contributed by atoms with van der Waals surface area (Å²) in [4.78, 5) is 23.9. The van der Waals surface area contributed by atoms with Crippen LogP contribution in [0.2, 0.25) is 0 Å². The van der Waals surface area contributed by atoms with E-state index in [9.17, 15) is 18.0 Å². The lowest BCUT2D eigenvalue weighted by molar-refractivity contribution is 0.125. The number of carbonyl (C=O) groups is 2. The van der Waals surface area contributed by atoms with Gasteiger partial charge in [-0.2, -0.15) is 8.42 Å². The van der Waals surface area contributed by atoms with Gasteiger partial charge in [-0.1, -0.05) is 30.3 Å². The highest BCUT2D eigenvalue weighted by atomic mass is 32.2. The van der Waals surface area contributed by atoms with Gasteiger partial charge in [-0.3, -0.25) is 4.18 Å². The van der Waals surface area contributed by atoms with Crippen LogP contribution in [0, 0.1) is 0 Å². The Morgan fingerprint density at radius 1 is 1.29 bits per heavy atom. The van der Waals surface area contributed by atoms with Gasteiger partial charge in [-0.25, -0.2) is 9.59 Å². The predicted octanol–water partition coefficient (Wildman–Crippen LogP) is 0.620. The Bertz CT molecular complexity index is 692. The summed E-state index contributed by atoms with van der Waals surface area (Å²) in [6.45, 7) is -0.207. The minimum atomic E-state index is -3.79. The summed E-state index contributed by atoms with van der Waals surface area (Å²) in [5.41, 5.74) is 0.787. The number of alkyl carbamates (subject to hydrolysis) is 1. The summed E-state index contributed by atoms with van der Waals surface area (Å²) in [5, 5.41) is 11.5. The van der Waals surface area contributed by atoms with Crippen LogP contribution in [0.3, 0.4) is 0 Å². The van der Waals surface area contributed by atoms with Gasteiger partial charge in [0.25, 0.3) is 10.1 Å². The molecule has 1 aliphatic heterocycles. The lowest BCUT2D eigenvalue weighted by Gasteiger charge is -2.18. The highest BCUT2D eigenvalue weighted by molar-refractivity contribution is 7.86. The Morgan fingerprint density at radius 2 is 1.96 bits per heavy atom. The lowest BCUT2D eigenvalue weighted by atomic mass is 10.2. The summed E-state index contributed by atoms with van der Waals surface area (Å²) >= 11 is 0. The van der Waals surface area contributed by atoms with Crippen LogP contribution in [0.15, 0.2) is 30.3 Å². The third-order valence-electron chi connectivity index (χ3n) is 3.35. The highest BCUT2D eigenvalue weighted by Gasteiger charge is 2.39. The largest absolute Gasteiger partial charge is 0.465 e. The van der Waals surface area contributed by atoms with E-state index in [-0.39, 0.29) is 19.7 Å². The van der Waals surface area contributed by atoms with Gasteiger partial charge in [-0.05, 0) is 5.56 Å². The van der Waals surface area contributed by atoms with Crippen molar-refractivity contribution in [1.29, 1.82) is 0 Å². The average Bonchev–Trinajstić information content (AvgIpc) is 2.87. The molecule has 1 fully saturated rings. The molecule has 0 aliphatic carbocycles. The van der Waals surface area contributed by atoms with Gasteiger partial charge < -0.3 is 20.1 Å². The second-order valence-electron chi connectivity index (χ2n) is 5.34. The van der Waals surface area contributed by atoms with Crippen LogP contribution >= 0.6 is 0 Å². The van der Waals surface area contributed by atoms with E-state index in [0.29, 0.717) is 0 Å². The van der Waals surface area contributed by atoms with Crippen molar-refractivity contribution in [3.8, 4) is 0 Å². The van der Waals surface area contributed by atoms with Crippen molar-refractivity contribution in [2.45, 2.75) is 18.8 Å². The van der Waals surface area contributed by atoms with Gasteiger partial charge in [0.05, 0.1) is 18.8 Å². The zero-order chi connectivity index (χ0) is 17.7. The van der Waals surface area contributed by atoms with E-state index in [1.807, 2.05) is 6.07 Å². The van der Waals surface area contributed by atoms with Crippen molar-refractivity contribution in [3.63, 3.8) is 0 Å². The molecule has 0 radical (unpaired) electrons. The Balaban J connectivity index is 1.94. The van der Waals surface area contributed by atoms with Gasteiger partial charge in [-0.15, -0.1) is 0 Å². The zero-order valence-electron chi connectivity index (χ0n) is 12.9. The van der Waals surface area contributed by atoms with E-state index < -0.39 is 34.5 Å². The second kappa shape index (κ2) is 7.49. The van der Waals surface area contributed by atoms with E-state index in [0.717, 1.165) is 16.7 Å². The van der Waals surface area contributed by atoms with Gasteiger partial charge in [0, 0.05) is 6.54 Å².